The maximum absolute atomic E-state index is 12.5. The van der Waals surface area contributed by atoms with Crippen LogP contribution in [0.1, 0.15) is 62.7 Å². The molecule has 0 unspecified atom stereocenters. The fraction of sp³-hybridized carbons (Fsp3) is 0.636. The Bertz CT molecular complexity index is 609. The van der Waals surface area contributed by atoms with Gasteiger partial charge < -0.3 is 20.1 Å². The standard InChI is InChI=1S/C22H34N2O4/c1-16(2)20(24-21(25)17-10-12-18(27-3)13-11-17)22(26)23-14-7-15-28-19-8-5-4-6-9-19/h10-13,16,19-20H,4-9,14-15H2,1-3H3,(H,23,26)(H,24,25)/t20-/m0/s1. The highest BCUT2D eigenvalue weighted by Crippen LogP contribution is 2.20. The predicted molar refractivity (Wildman–Crippen MR) is 110 cm³/mol. The Morgan fingerprint density at radius 3 is 2.39 bits per heavy atom. The van der Waals surface area contributed by atoms with E-state index in [0.717, 1.165) is 19.3 Å². The first-order chi connectivity index (χ1) is 13.5. The smallest absolute Gasteiger partial charge is 0.251 e. The van der Waals surface area contributed by atoms with E-state index < -0.39 is 6.04 Å². The number of hydrogen-bond acceptors (Lipinski definition) is 4. The second-order valence-electron chi connectivity index (χ2n) is 7.70. The SMILES string of the molecule is COc1ccc(C(=O)N[C@H](C(=O)NCCCOC2CCCCC2)C(C)C)cc1. The van der Waals surface area contributed by atoms with Crippen LogP contribution in [0.5, 0.6) is 5.75 Å². The van der Waals surface area contributed by atoms with Gasteiger partial charge in [-0.3, -0.25) is 9.59 Å². The third kappa shape index (κ3) is 7.15. The second kappa shape index (κ2) is 11.7. The van der Waals surface area contributed by atoms with Crippen molar-refractivity contribution < 1.29 is 19.1 Å². The third-order valence-electron chi connectivity index (χ3n) is 5.11. The molecular weight excluding hydrogens is 356 g/mol. The van der Waals surface area contributed by atoms with Gasteiger partial charge in [-0.1, -0.05) is 33.1 Å². The zero-order valence-corrected chi connectivity index (χ0v) is 17.3. The van der Waals surface area contributed by atoms with Crippen molar-refractivity contribution in [1.29, 1.82) is 0 Å². The molecule has 0 bridgehead atoms. The highest BCUT2D eigenvalue weighted by atomic mass is 16.5. The molecular formula is C22H34N2O4. The highest BCUT2D eigenvalue weighted by Gasteiger charge is 2.24. The lowest BCUT2D eigenvalue weighted by molar-refractivity contribution is -0.124. The fourth-order valence-electron chi connectivity index (χ4n) is 3.38. The molecule has 0 aromatic heterocycles. The molecule has 1 atom stereocenters. The van der Waals surface area contributed by atoms with Gasteiger partial charge in [-0.15, -0.1) is 0 Å². The zero-order chi connectivity index (χ0) is 20.4. The Balaban J connectivity index is 1.74. The lowest BCUT2D eigenvalue weighted by Crippen LogP contribution is -2.50. The van der Waals surface area contributed by atoms with Gasteiger partial charge in [0.15, 0.2) is 0 Å². The Morgan fingerprint density at radius 2 is 1.79 bits per heavy atom. The normalized spacial score (nSPS) is 15.9. The van der Waals surface area contributed by atoms with Gasteiger partial charge in [-0.2, -0.15) is 0 Å². The Kier molecular flexibility index (Phi) is 9.28. The van der Waals surface area contributed by atoms with E-state index in [1.54, 1.807) is 31.4 Å². The summed E-state index contributed by atoms with van der Waals surface area (Å²) in [5.41, 5.74) is 0.500. The Labute approximate surface area is 168 Å². The van der Waals surface area contributed by atoms with Gasteiger partial charge in [0.2, 0.25) is 5.91 Å². The number of ether oxygens (including phenoxy) is 2. The number of carbonyl (C=O) groups excluding carboxylic acids is 2. The van der Waals surface area contributed by atoms with E-state index in [0.29, 0.717) is 30.6 Å². The molecule has 0 heterocycles. The third-order valence-corrected chi connectivity index (χ3v) is 5.11. The van der Waals surface area contributed by atoms with Crippen molar-refractivity contribution in [3.05, 3.63) is 29.8 Å². The maximum atomic E-state index is 12.5. The van der Waals surface area contributed by atoms with Crippen molar-refractivity contribution in [2.75, 3.05) is 20.3 Å². The molecule has 1 aliphatic rings. The summed E-state index contributed by atoms with van der Waals surface area (Å²) in [7, 11) is 1.58. The number of nitrogens with one attached hydrogen (secondary N) is 2. The quantitative estimate of drug-likeness (QED) is 0.601. The largest absolute Gasteiger partial charge is 0.497 e. The first-order valence-corrected chi connectivity index (χ1v) is 10.4. The van der Waals surface area contributed by atoms with Gasteiger partial charge in [0.05, 0.1) is 13.2 Å². The molecule has 2 amide bonds. The molecule has 1 saturated carbocycles. The molecule has 1 fully saturated rings. The number of methoxy groups -OCH3 is 1. The Morgan fingerprint density at radius 1 is 1.11 bits per heavy atom. The molecule has 6 heteroatoms. The van der Waals surface area contributed by atoms with E-state index in [4.69, 9.17) is 9.47 Å². The van der Waals surface area contributed by atoms with Crippen LogP contribution in [0.4, 0.5) is 0 Å². The van der Waals surface area contributed by atoms with Crippen molar-refractivity contribution in [2.24, 2.45) is 5.92 Å². The molecule has 1 aromatic rings. The summed E-state index contributed by atoms with van der Waals surface area (Å²) in [6.45, 7) is 5.05. The molecule has 1 aromatic carbocycles. The van der Waals surface area contributed by atoms with Crippen molar-refractivity contribution in [3.63, 3.8) is 0 Å². The average molecular weight is 391 g/mol. The molecule has 156 valence electrons. The molecule has 28 heavy (non-hydrogen) atoms. The Hall–Kier alpha value is -2.08. The van der Waals surface area contributed by atoms with E-state index in [2.05, 4.69) is 10.6 Å². The molecule has 0 radical (unpaired) electrons. The van der Waals surface area contributed by atoms with E-state index in [-0.39, 0.29) is 17.7 Å². The van der Waals surface area contributed by atoms with Crippen LogP contribution in [0.25, 0.3) is 0 Å². The lowest BCUT2D eigenvalue weighted by atomic mass is 9.98. The van der Waals surface area contributed by atoms with Gasteiger partial charge in [0.25, 0.3) is 5.91 Å². The molecule has 1 aliphatic carbocycles. The number of carbonyl (C=O) groups is 2. The second-order valence-corrected chi connectivity index (χ2v) is 7.70. The zero-order valence-electron chi connectivity index (χ0n) is 17.3. The van der Waals surface area contributed by atoms with Crippen LogP contribution >= 0.6 is 0 Å². The van der Waals surface area contributed by atoms with Gasteiger partial charge in [0.1, 0.15) is 11.8 Å². The van der Waals surface area contributed by atoms with Crippen LogP contribution in [0, 0.1) is 5.92 Å². The van der Waals surface area contributed by atoms with Gasteiger partial charge in [-0.05, 0) is 49.4 Å². The first kappa shape index (κ1) is 22.2. The van der Waals surface area contributed by atoms with Gasteiger partial charge >= 0.3 is 0 Å². The minimum Gasteiger partial charge on any atom is -0.497 e. The summed E-state index contributed by atoms with van der Waals surface area (Å²) in [4.78, 5) is 25.0. The van der Waals surface area contributed by atoms with Crippen LogP contribution in [-0.4, -0.2) is 44.2 Å². The summed E-state index contributed by atoms with van der Waals surface area (Å²) in [6.07, 6.45) is 7.29. The van der Waals surface area contributed by atoms with E-state index in [1.807, 2.05) is 13.8 Å². The predicted octanol–water partition coefficient (Wildman–Crippen LogP) is 3.31. The van der Waals surface area contributed by atoms with Crippen molar-refractivity contribution >= 4 is 11.8 Å². The summed E-state index contributed by atoms with van der Waals surface area (Å²) in [6, 6.07) is 6.25. The monoisotopic (exact) mass is 390 g/mol. The average Bonchev–Trinajstić information content (AvgIpc) is 2.72. The van der Waals surface area contributed by atoms with Gasteiger partial charge in [-0.25, -0.2) is 0 Å². The van der Waals surface area contributed by atoms with Gasteiger partial charge in [0, 0.05) is 18.7 Å². The molecule has 0 spiro atoms. The first-order valence-electron chi connectivity index (χ1n) is 10.4. The van der Waals surface area contributed by atoms with Crippen LogP contribution in [0.2, 0.25) is 0 Å². The minimum absolute atomic E-state index is 0.0133. The number of amides is 2. The molecule has 0 aliphatic heterocycles. The lowest BCUT2D eigenvalue weighted by Gasteiger charge is -2.23. The van der Waals surface area contributed by atoms with E-state index in [1.165, 1.54) is 19.3 Å². The molecule has 2 rings (SSSR count). The minimum atomic E-state index is -0.575. The van der Waals surface area contributed by atoms with Crippen LogP contribution < -0.4 is 15.4 Å². The summed E-state index contributed by atoms with van der Waals surface area (Å²) in [5.74, 6) is 0.248. The highest BCUT2D eigenvalue weighted by molar-refractivity contribution is 5.97. The fourth-order valence-corrected chi connectivity index (χ4v) is 3.38. The summed E-state index contributed by atoms with van der Waals surface area (Å²) < 4.78 is 11.0. The van der Waals surface area contributed by atoms with Crippen molar-refractivity contribution in [1.82, 2.24) is 10.6 Å². The van der Waals surface area contributed by atoms with Crippen LogP contribution in [-0.2, 0) is 9.53 Å². The van der Waals surface area contributed by atoms with Crippen LogP contribution in [0.3, 0.4) is 0 Å². The molecule has 0 saturated heterocycles. The maximum Gasteiger partial charge on any atom is 0.251 e. The number of benzene rings is 1. The van der Waals surface area contributed by atoms with E-state index in [9.17, 15) is 9.59 Å². The number of hydrogen-bond donors (Lipinski definition) is 2. The van der Waals surface area contributed by atoms with Crippen molar-refractivity contribution in [2.45, 2.75) is 64.5 Å². The summed E-state index contributed by atoms with van der Waals surface area (Å²) >= 11 is 0. The topological polar surface area (TPSA) is 76.7 Å². The number of rotatable bonds is 10. The van der Waals surface area contributed by atoms with E-state index >= 15 is 0 Å². The molecule has 2 N–H and O–H groups in total. The molecule has 6 nitrogen and oxygen atoms in total. The van der Waals surface area contributed by atoms with Crippen LogP contribution in [0.15, 0.2) is 24.3 Å². The van der Waals surface area contributed by atoms with Crippen molar-refractivity contribution in [3.8, 4) is 5.75 Å². The summed E-state index contributed by atoms with van der Waals surface area (Å²) in [5, 5.41) is 5.76.